The molecule has 0 saturated carbocycles. The maximum Gasteiger partial charge on any atom is 0.365 e. The Bertz CT molecular complexity index is 1170. The molecule has 0 unspecified atom stereocenters. The van der Waals surface area contributed by atoms with E-state index in [0.717, 1.165) is 48.8 Å². The van der Waals surface area contributed by atoms with Crippen LogP contribution in [0.2, 0.25) is 0 Å². The molecule has 0 bridgehead atoms. The Balaban J connectivity index is 1.40. The van der Waals surface area contributed by atoms with Crippen molar-refractivity contribution in [2.75, 3.05) is 37.5 Å². The van der Waals surface area contributed by atoms with Crippen molar-refractivity contribution in [3.63, 3.8) is 0 Å². The highest BCUT2D eigenvalue weighted by atomic mass is 16.5. The smallest absolute Gasteiger partial charge is 0.365 e. The topological polar surface area (TPSA) is 115 Å². The number of nitrogens with one attached hydrogen (secondary N) is 1. The summed E-state index contributed by atoms with van der Waals surface area (Å²) in [5, 5.41) is 2.86. The van der Waals surface area contributed by atoms with E-state index in [2.05, 4.69) is 20.2 Å². The Labute approximate surface area is 185 Å². The summed E-state index contributed by atoms with van der Waals surface area (Å²) in [7, 11) is 0. The van der Waals surface area contributed by atoms with E-state index in [9.17, 15) is 9.59 Å². The van der Waals surface area contributed by atoms with Crippen LogP contribution in [0.1, 0.15) is 11.1 Å². The van der Waals surface area contributed by atoms with E-state index in [0.29, 0.717) is 11.1 Å². The lowest BCUT2D eigenvalue weighted by atomic mass is 10.0. The Morgan fingerprint density at radius 1 is 1.16 bits per heavy atom. The number of carbonyl (C=O) groups is 1. The van der Waals surface area contributed by atoms with Gasteiger partial charge in [-0.3, -0.25) is 14.7 Å². The van der Waals surface area contributed by atoms with Gasteiger partial charge in [0.05, 0.1) is 13.2 Å². The highest BCUT2D eigenvalue weighted by Crippen LogP contribution is 2.22. The number of nitrogen functional groups attached to an aromatic ring is 1. The molecular weight excluding hydrogens is 408 g/mol. The van der Waals surface area contributed by atoms with Crippen LogP contribution < -0.4 is 16.8 Å². The number of carbonyl (C=O) groups excluding carboxylic acids is 1. The van der Waals surface area contributed by atoms with E-state index in [4.69, 9.17) is 10.6 Å². The van der Waals surface area contributed by atoms with Crippen LogP contribution in [0.4, 0.5) is 5.69 Å². The molecule has 1 saturated heterocycles. The van der Waals surface area contributed by atoms with Crippen LogP contribution in [-0.4, -0.2) is 51.8 Å². The summed E-state index contributed by atoms with van der Waals surface area (Å²) in [6, 6.07) is 9.60. The Hall–Kier alpha value is -3.82. The molecule has 9 nitrogen and oxygen atoms in total. The number of rotatable bonds is 6. The van der Waals surface area contributed by atoms with Crippen molar-refractivity contribution in [1.82, 2.24) is 19.5 Å². The Morgan fingerprint density at radius 3 is 2.69 bits per heavy atom. The second kappa shape index (κ2) is 9.99. The monoisotopic (exact) mass is 432 g/mol. The standard InChI is InChI=1S/C23H24N6O3/c24-29-16-19(14-26-23(29)31)21-7-8-25-13-18(21)3-6-22(30)27-20-4-1-17(2-5-20)15-28-9-11-32-12-10-28/h1-8,13-14,16H,9-12,15,24H2,(H,27,30)/b6-3+. The predicted molar refractivity (Wildman–Crippen MR) is 122 cm³/mol. The van der Waals surface area contributed by atoms with Gasteiger partial charge < -0.3 is 15.9 Å². The van der Waals surface area contributed by atoms with Crippen LogP contribution in [-0.2, 0) is 16.1 Å². The number of anilines is 1. The molecule has 0 atom stereocenters. The number of nitrogens with zero attached hydrogens (tertiary/aromatic N) is 4. The molecule has 1 aliphatic rings. The molecule has 1 aliphatic heterocycles. The minimum absolute atomic E-state index is 0.261. The van der Waals surface area contributed by atoms with E-state index >= 15 is 0 Å². The lowest BCUT2D eigenvalue weighted by Gasteiger charge is -2.26. The molecule has 164 valence electrons. The minimum Gasteiger partial charge on any atom is -0.379 e. The van der Waals surface area contributed by atoms with Crippen molar-refractivity contribution in [3.05, 3.63) is 82.8 Å². The van der Waals surface area contributed by atoms with Gasteiger partial charge in [-0.15, -0.1) is 0 Å². The quantitative estimate of drug-likeness (QED) is 0.448. The van der Waals surface area contributed by atoms with Crippen LogP contribution in [0.5, 0.6) is 0 Å². The van der Waals surface area contributed by atoms with E-state index in [1.807, 2.05) is 24.3 Å². The molecule has 1 aromatic carbocycles. The lowest BCUT2D eigenvalue weighted by molar-refractivity contribution is -0.111. The molecule has 0 spiro atoms. The summed E-state index contributed by atoms with van der Waals surface area (Å²) in [6.07, 6.45) is 9.28. The number of morpholine rings is 1. The zero-order valence-electron chi connectivity index (χ0n) is 17.5. The fourth-order valence-corrected chi connectivity index (χ4v) is 3.43. The van der Waals surface area contributed by atoms with Crippen LogP contribution in [0.25, 0.3) is 17.2 Å². The molecule has 1 fully saturated rings. The molecular formula is C23H24N6O3. The summed E-state index contributed by atoms with van der Waals surface area (Å²) in [5.41, 5.74) is 3.46. The van der Waals surface area contributed by atoms with Gasteiger partial charge in [0.15, 0.2) is 0 Å². The van der Waals surface area contributed by atoms with Crippen LogP contribution in [0.15, 0.2) is 66.0 Å². The number of nitrogens with two attached hydrogens (primary N) is 1. The molecule has 0 radical (unpaired) electrons. The first-order valence-electron chi connectivity index (χ1n) is 10.2. The average Bonchev–Trinajstić information content (AvgIpc) is 2.82. The first kappa shape index (κ1) is 21.4. The highest BCUT2D eigenvalue weighted by Gasteiger charge is 2.11. The number of hydrogen-bond donors (Lipinski definition) is 2. The number of aromatic nitrogens is 3. The maximum absolute atomic E-state index is 12.4. The predicted octanol–water partition coefficient (Wildman–Crippen LogP) is 1.50. The fraction of sp³-hybridized carbons (Fsp3) is 0.217. The number of ether oxygens (including phenoxy) is 1. The van der Waals surface area contributed by atoms with Gasteiger partial charge in [0, 0.05) is 67.3 Å². The number of amides is 1. The summed E-state index contributed by atoms with van der Waals surface area (Å²) in [5.74, 6) is 5.35. The molecule has 4 rings (SSSR count). The van der Waals surface area contributed by atoms with Crippen molar-refractivity contribution < 1.29 is 9.53 Å². The molecule has 0 aliphatic carbocycles. The highest BCUT2D eigenvalue weighted by molar-refractivity contribution is 6.02. The van der Waals surface area contributed by atoms with Gasteiger partial charge in [0.1, 0.15) is 0 Å². The first-order chi connectivity index (χ1) is 15.6. The van der Waals surface area contributed by atoms with Crippen molar-refractivity contribution in [3.8, 4) is 11.1 Å². The number of benzene rings is 1. The third-order valence-corrected chi connectivity index (χ3v) is 5.12. The maximum atomic E-state index is 12.4. The van der Waals surface area contributed by atoms with E-state index in [1.54, 1.807) is 24.5 Å². The van der Waals surface area contributed by atoms with Gasteiger partial charge in [-0.2, -0.15) is 4.98 Å². The SMILES string of the molecule is Nn1cc(-c2ccncc2/C=C/C(=O)Nc2ccc(CN3CCOCC3)cc2)cnc1=O. The fourth-order valence-electron chi connectivity index (χ4n) is 3.43. The minimum atomic E-state index is -0.546. The molecule has 3 N–H and O–H groups in total. The lowest BCUT2D eigenvalue weighted by Crippen LogP contribution is -2.35. The van der Waals surface area contributed by atoms with Gasteiger partial charge in [0.25, 0.3) is 0 Å². The largest absolute Gasteiger partial charge is 0.379 e. The van der Waals surface area contributed by atoms with Crippen molar-refractivity contribution >= 4 is 17.7 Å². The first-order valence-corrected chi connectivity index (χ1v) is 10.2. The zero-order valence-corrected chi connectivity index (χ0v) is 17.5. The van der Waals surface area contributed by atoms with Gasteiger partial charge >= 0.3 is 5.69 Å². The van der Waals surface area contributed by atoms with Gasteiger partial charge in [0.2, 0.25) is 5.91 Å². The summed E-state index contributed by atoms with van der Waals surface area (Å²) >= 11 is 0. The van der Waals surface area contributed by atoms with E-state index in [-0.39, 0.29) is 5.91 Å². The second-order valence-electron chi connectivity index (χ2n) is 7.40. The molecule has 1 amide bonds. The Morgan fingerprint density at radius 2 is 1.94 bits per heavy atom. The van der Waals surface area contributed by atoms with E-state index < -0.39 is 5.69 Å². The van der Waals surface area contributed by atoms with Crippen molar-refractivity contribution in [2.45, 2.75) is 6.54 Å². The molecule has 9 heteroatoms. The van der Waals surface area contributed by atoms with Crippen molar-refractivity contribution in [2.24, 2.45) is 0 Å². The molecule has 3 aromatic rings. The van der Waals surface area contributed by atoms with Crippen LogP contribution in [0, 0.1) is 0 Å². The molecule has 3 heterocycles. The van der Waals surface area contributed by atoms with Gasteiger partial charge in [-0.1, -0.05) is 12.1 Å². The average molecular weight is 432 g/mol. The van der Waals surface area contributed by atoms with Gasteiger partial charge in [-0.05, 0) is 35.4 Å². The summed E-state index contributed by atoms with van der Waals surface area (Å²) < 4.78 is 6.29. The number of pyridine rings is 1. The third-order valence-electron chi connectivity index (χ3n) is 5.12. The third kappa shape index (κ3) is 5.45. The van der Waals surface area contributed by atoms with Crippen molar-refractivity contribution in [1.29, 1.82) is 0 Å². The normalized spacial score (nSPS) is 14.5. The Kier molecular flexibility index (Phi) is 6.69. The van der Waals surface area contributed by atoms with E-state index in [1.165, 1.54) is 24.0 Å². The van der Waals surface area contributed by atoms with Crippen LogP contribution in [0.3, 0.4) is 0 Å². The molecule has 32 heavy (non-hydrogen) atoms. The zero-order chi connectivity index (χ0) is 22.3. The number of hydrogen-bond acceptors (Lipinski definition) is 7. The summed E-state index contributed by atoms with van der Waals surface area (Å²) in [6.45, 7) is 4.27. The van der Waals surface area contributed by atoms with Crippen LogP contribution >= 0.6 is 0 Å². The second-order valence-corrected chi connectivity index (χ2v) is 7.40. The molecule has 2 aromatic heterocycles. The summed E-state index contributed by atoms with van der Waals surface area (Å²) in [4.78, 5) is 34.1. The van der Waals surface area contributed by atoms with Gasteiger partial charge in [-0.25, -0.2) is 9.47 Å².